The Bertz CT molecular complexity index is 1220. The summed E-state index contributed by atoms with van der Waals surface area (Å²) >= 11 is 0. The molecular formula is C26H34N4O2. The lowest BCUT2D eigenvalue weighted by atomic mass is 9.87. The van der Waals surface area contributed by atoms with E-state index in [1.54, 1.807) is 16.2 Å². The highest BCUT2D eigenvalue weighted by Gasteiger charge is 2.20. The molecule has 0 atom stereocenters. The van der Waals surface area contributed by atoms with E-state index in [2.05, 4.69) is 40.7 Å². The fourth-order valence-electron chi connectivity index (χ4n) is 3.96. The van der Waals surface area contributed by atoms with E-state index in [-0.39, 0.29) is 23.1 Å². The Labute approximate surface area is 190 Å². The molecule has 0 amide bonds. The third kappa shape index (κ3) is 5.11. The van der Waals surface area contributed by atoms with Crippen molar-refractivity contribution in [1.82, 2.24) is 14.1 Å². The number of rotatable bonds is 7. The van der Waals surface area contributed by atoms with Crippen molar-refractivity contribution in [3.8, 4) is 17.3 Å². The predicted octanol–water partition coefficient (Wildman–Crippen LogP) is 4.66. The first kappa shape index (κ1) is 23.7. The minimum atomic E-state index is -0.0903. The Hall–Kier alpha value is -2.91. The Morgan fingerprint density at radius 2 is 1.84 bits per heavy atom. The molecule has 32 heavy (non-hydrogen) atoms. The second kappa shape index (κ2) is 8.91. The van der Waals surface area contributed by atoms with Crippen molar-refractivity contribution >= 4 is 11.2 Å². The lowest BCUT2D eigenvalue weighted by molar-refractivity contribution is 0.148. The van der Waals surface area contributed by atoms with Gasteiger partial charge in [0.25, 0.3) is 0 Å². The summed E-state index contributed by atoms with van der Waals surface area (Å²) in [5.41, 5.74) is 4.38. The number of aliphatic hydroxyl groups excluding tert-OH is 1. The van der Waals surface area contributed by atoms with Gasteiger partial charge in [-0.05, 0) is 59.9 Å². The molecule has 0 bridgehead atoms. The van der Waals surface area contributed by atoms with Gasteiger partial charge in [0.05, 0.1) is 22.8 Å². The van der Waals surface area contributed by atoms with Gasteiger partial charge < -0.3 is 5.11 Å². The zero-order valence-electron chi connectivity index (χ0n) is 20.1. The van der Waals surface area contributed by atoms with Gasteiger partial charge in [0.1, 0.15) is 0 Å². The molecule has 3 aromatic rings. The van der Waals surface area contributed by atoms with Crippen LogP contribution in [0, 0.1) is 22.2 Å². The monoisotopic (exact) mass is 434 g/mol. The van der Waals surface area contributed by atoms with Crippen LogP contribution >= 0.6 is 0 Å². The van der Waals surface area contributed by atoms with Crippen LogP contribution in [0.3, 0.4) is 0 Å². The molecule has 170 valence electrons. The van der Waals surface area contributed by atoms with Gasteiger partial charge in [-0.2, -0.15) is 5.26 Å². The lowest BCUT2D eigenvalue weighted by Crippen LogP contribution is -2.27. The van der Waals surface area contributed by atoms with Crippen molar-refractivity contribution in [2.45, 2.75) is 60.4 Å². The number of imidazole rings is 1. The average Bonchev–Trinajstić information content (AvgIpc) is 2.96. The van der Waals surface area contributed by atoms with Crippen molar-refractivity contribution in [2.24, 2.45) is 17.9 Å². The number of hydrogen-bond donors (Lipinski definition) is 1. The summed E-state index contributed by atoms with van der Waals surface area (Å²) in [7, 11) is 1.74. The fraction of sp³-hybridized carbons (Fsp3) is 0.500. The molecule has 0 spiro atoms. The number of aliphatic hydroxyl groups is 1. The SMILES string of the molecule is Cn1c(=O)n(CC(C)(C)C)c2ccc(-c3cc(CCCC(C)(C)CO)ccc3C#N)nc21. The topological polar surface area (TPSA) is 83.8 Å². The Morgan fingerprint density at radius 1 is 1.12 bits per heavy atom. The minimum Gasteiger partial charge on any atom is -0.396 e. The first-order valence-corrected chi connectivity index (χ1v) is 11.2. The van der Waals surface area contributed by atoms with E-state index in [4.69, 9.17) is 4.98 Å². The van der Waals surface area contributed by atoms with E-state index in [0.29, 0.717) is 23.4 Å². The summed E-state index contributed by atoms with van der Waals surface area (Å²) in [5, 5.41) is 19.1. The summed E-state index contributed by atoms with van der Waals surface area (Å²) in [4.78, 5) is 17.6. The second-order valence-electron chi connectivity index (χ2n) is 10.7. The van der Waals surface area contributed by atoms with Crippen LogP contribution in [-0.4, -0.2) is 25.8 Å². The highest BCUT2D eigenvalue weighted by Crippen LogP contribution is 2.28. The fourth-order valence-corrected chi connectivity index (χ4v) is 3.96. The Balaban J connectivity index is 2.00. The Morgan fingerprint density at radius 3 is 2.47 bits per heavy atom. The molecule has 1 aromatic carbocycles. The third-order valence-electron chi connectivity index (χ3n) is 5.84. The van der Waals surface area contributed by atoms with Gasteiger partial charge in [-0.1, -0.05) is 40.7 Å². The van der Waals surface area contributed by atoms with Crippen molar-refractivity contribution in [1.29, 1.82) is 5.26 Å². The molecule has 0 aliphatic rings. The number of hydrogen-bond acceptors (Lipinski definition) is 4. The van der Waals surface area contributed by atoms with E-state index >= 15 is 0 Å². The smallest absolute Gasteiger partial charge is 0.330 e. The van der Waals surface area contributed by atoms with Gasteiger partial charge in [-0.3, -0.25) is 9.13 Å². The maximum absolute atomic E-state index is 12.8. The standard InChI is InChI=1S/C26H34N4O2/c1-25(2,3)16-30-22-12-11-21(28-23(22)29(6)24(30)32)20-14-18(9-10-19(20)15-27)8-7-13-26(4,5)17-31/h9-12,14,31H,7-8,13,16-17H2,1-6H3. The van der Waals surface area contributed by atoms with Crippen LogP contribution in [0.4, 0.5) is 0 Å². The van der Waals surface area contributed by atoms with E-state index < -0.39 is 0 Å². The average molecular weight is 435 g/mol. The second-order valence-corrected chi connectivity index (χ2v) is 10.7. The van der Waals surface area contributed by atoms with Crippen LogP contribution in [0.1, 0.15) is 58.6 Å². The van der Waals surface area contributed by atoms with Crippen LogP contribution in [0.5, 0.6) is 0 Å². The van der Waals surface area contributed by atoms with Crippen molar-refractivity contribution in [2.75, 3.05) is 6.61 Å². The van der Waals surface area contributed by atoms with Gasteiger partial charge in [-0.15, -0.1) is 0 Å². The van der Waals surface area contributed by atoms with Crippen molar-refractivity contribution in [3.63, 3.8) is 0 Å². The van der Waals surface area contributed by atoms with Crippen LogP contribution in [0.2, 0.25) is 0 Å². The highest BCUT2D eigenvalue weighted by atomic mass is 16.3. The van der Waals surface area contributed by atoms with Gasteiger partial charge >= 0.3 is 5.69 Å². The van der Waals surface area contributed by atoms with Gasteiger partial charge in [0.15, 0.2) is 5.65 Å². The first-order chi connectivity index (χ1) is 15.0. The number of nitriles is 1. The maximum Gasteiger partial charge on any atom is 0.330 e. The zero-order valence-corrected chi connectivity index (χ0v) is 20.1. The molecule has 0 radical (unpaired) electrons. The molecule has 0 unspecified atom stereocenters. The maximum atomic E-state index is 12.8. The number of nitrogens with zero attached hydrogens (tertiary/aromatic N) is 4. The Kier molecular flexibility index (Phi) is 6.61. The predicted molar refractivity (Wildman–Crippen MR) is 128 cm³/mol. The summed E-state index contributed by atoms with van der Waals surface area (Å²) in [6.07, 6.45) is 2.74. The normalized spacial score (nSPS) is 12.3. The summed E-state index contributed by atoms with van der Waals surface area (Å²) in [6, 6.07) is 12.0. The molecule has 0 saturated carbocycles. The molecule has 0 saturated heterocycles. The van der Waals surface area contributed by atoms with E-state index in [9.17, 15) is 15.2 Å². The van der Waals surface area contributed by atoms with Crippen molar-refractivity contribution < 1.29 is 5.11 Å². The molecule has 2 heterocycles. The van der Waals surface area contributed by atoms with Gasteiger partial charge in [0, 0.05) is 25.8 Å². The van der Waals surface area contributed by atoms with E-state index in [1.165, 1.54) is 0 Å². The lowest BCUT2D eigenvalue weighted by Gasteiger charge is -2.21. The largest absolute Gasteiger partial charge is 0.396 e. The minimum absolute atomic E-state index is 0.0380. The molecule has 2 aromatic heterocycles. The number of benzene rings is 1. The van der Waals surface area contributed by atoms with Crippen LogP contribution in [-0.2, 0) is 20.0 Å². The number of aryl methyl sites for hydroxylation is 2. The van der Waals surface area contributed by atoms with Gasteiger partial charge in [-0.25, -0.2) is 9.78 Å². The quantitative estimate of drug-likeness (QED) is 0.586. The van der Waals surface area contributed by atoms with Crippen LogP contribution in [0.15, 0.2) is 35.1 Å². The zero-order chi connectivity index (χ0) is 23.7. The third-order valence-corrected chi connectivity index (χ3v) is 5.84. The molecule has 0 aliphatic carbocycles. The number of pyridine rings is 1. The summed E-state index contributed by atoms with van der Waals surface area (Å²) in [5.74, 6) is 0. The number of fused-ring (bicyclic) bond motifs is 1. The first-order valence-electron chi connectivity index (χ1n) is 11.2. The molecule has 6 nitrogen and oxygen atoms in total. The molecule has 6 heteroatoms. The van der Waals surface area contributed by atoms with E-state index in [0.717, 1.165) is 35.9 Å². The van der Waals surface area contributed by atoms with Gasteiger partial charge in [0.2, 0.25) is 0 Å². The van der Waals surface area contributed by atoms with Crippen molar-refractivity contribution in [3.05, 3.63) is 51.9 Å². The molecule has 3 rings (SSSR count). The van der Waals surface area contributed by atoms with Crippen LogP contribution < -0.4 is 5.69 Å². The number of aromatic nitrogens is 3. The highest BCUT2D eigenvalue weighted by molar-refractivity contribution is 5.78. The van der Waals surface area contributed by atoms with Crippen LogP contribution in [0.25, 0.3) is 22.4 Å². The molecule has 0 fully saturated rings. The summed E-state index contributed by atoms with van der Waals surface area (Å²) < 4.78 is 3.36. The summed E-state index contributed by atoms with van der Waals surface area (Å²) in [6.45, 7) is 11.2. The molecule has 0 aliphatic heterocycles. The van der Waals surface area contributed by atoms with E-state index in [1.807, 2.05) is 30.3 Å². The molecular weight excluding hydrogens is 400 g/mol. The molecule has 1 N–H and O–H groups in total.